The van der Waals surface area contributed by atoms with Crippen LogP contribution in [0.3, 0.4) is 0 Å². The highest BCUT2D eigenvalue weighted by molar-refractivity contribution is 6.31. The zero-order chi connectivity index (χ0) is 21.5. The van der Waals surface area contributed by atoms with Crippen molar-refractivity contribution in [3.8, 4) is 22.7 Å². The summed E-state index contributed by atoms with van der Waals surface area (Å²) in [5.41, 5.74) is 1.28. The summed E-state index contributed by atoms with van der Waals surface area (Å²) in [6, 6.07) is 7.43. The molecule has 0 aliphatic carbocycles. The first kappa shape index (κ1) is 20.5. The van der Waals surface area contributed by atoms with E-state index in [1.165, 1.54) is 33.9 Å². The van der Waals surface area contributed by atoms with Gasteiger partial charge in [0.25, 0.3) is 11.5 Å². The molecule has 6 nitrogen and oxygen atoms in total. The van der Waals surface area contributed by atoms with Crippen molar-refractivity contribution in [2.45, 2.75) is 13.8 Å². The summed E-state index contributed by atoms with van der Waals surface area (Å²) in [5, 5.41) is 9.47. The molecule has 0 unspecified atom stereocenters. The lowest BCUT2D eigenvalue weighted by Gasteiger charge is -2.16. The molecular weight excluding hydrogens is 397 g/mol. The molecule has 0 radical (unpaired) electrons. The number of rotatable bonds is 3. The molecule has 8 heteroatoms. The molecular formula is C21H19ClFN3O3. The van der Waals surface area contributed by atoms with Crippen molar-refractivity contribution < 1.29 is 14.3 Å². The fourth-order valence-electron chi connectivity index (χ4n) is 3.03. The van der Waals surface area contributed by atoms with Crippen LogP contribution in [-0.2, 0) is 0 Å². The number of benzene rings is 1. The Morgan fingerprint density at radius 2 is 1.93 bits per heavy atom. The van der Waals surface area contributed by atoms with Crippen molar-refractivity contribution >= 4 is 17.5 Å². The van der Waals surface area contributed by atoms with Gasteiger partial charge < -0.3 is 10.0 Å². The number of aromatic hydroxyl groups is 1. The van der Waals surface area contributed by atoms with Gasteiger partial charge in [0.15, 0.2) is 0 Å². The fraction of sp³-hybridized carbons (Fsp3) is 0.190. The lowest BCUT2D eigenvalue weighted by atomic mass is 10.0. The molecule has 1 aromatic carbocycles. The molecule has 2 heterocycles. The van der Waals surface area contributed by atoms with E-state index in [2.05, 4.69) is 4.98 Å². The second-order valence-corrected chi connectivity index (χ2v) is 7.23. The van der Waals surface area contributed by atoms with E-state index in [-0.39, 0.29) is 27.6 Å². The number of hydrogen-bond donors (Lipinski definition) is 1. The Bertz CT molecular complexity index is 1190. The SMILES string of the molecule is Cc1cnc(-c2cccc(C(=O)N(C)C)c2F)cc1-n1c(C)cc(O)c(Cl)c1=O. The Hall–Kier alpha value is -3.19. The van der Waals surface area contributed by atoms with E-state index in [1.807, 2.05) is 0 Å². The summed E-state index contributed by atoms with van der Waals surface area (Å²) in [4.78, 5) is 30.4. The van der Waals surface area contributed by atoms with Gasteiger partial charge in [0.2, 0.25) is 0 Å². The van der Waals surface area contributed by atoms with Crippen LogP contribution in [0.15, 0.2) is 41.3 Å². The van der Waals surface area contributed by atoms with E-state index in [9.17, 15) is 14.7 Å². The lowest BCUT2D eigenvalue weighted by Crippen LogP contribution is -2.23. The van der Waals surface area contributed by atoms with Gasteiger partial charge in [0, 0.05) is 37.6 Å². The summed E-state index contributed by atoms with van der Waals surface area (Å²) >= 11 is 5.92. The Morgan fingerprint density at radius 1 is 1.24 bits per heavy atom. The maximum atomic E-state index is 15.1. The van der Waals surface area contributed by atoms with E-state index < -0.39 is 17.3 Å². The Balaban J connectivity index is 2.23. The standard InChI is InChI=1S/C21H19ClFN3O3/c1-11-10-24-15(13-6-5-7-14(19(13)23)20(28)25(3)4)9-16(11)26-12(2)8-17(27)18(22)21(26)29/h5-10,27H,1-4H3. The van der Waals surface area contributed by atoms with Gasteiger partial charge in [0.05, 0.1) is 16.9 Å². The molecule has 0 fully saturated rings. The van der Waals surface area contributed by atoms with Gasteiger partial charge in [-0.15, -0.1) is 0 Å². The quantitative estimate of drug-likeness (QED) is 0.707. The summed E-state index contributed by atoms with van der Waals surface area (Å²) in [5.74, 6) is -1.46. The predicted molar refractivity (Wildman–Crippen MR) is 109 cm³/mol. The van der Waals surface area contributed by atoms with Crippen molar-refractivity contribution in [2.24, 2.45) is 0 Å². The Labute approximate surface area is 171 Å². The van der Waals surface area contributed by atoms with Crippen molar-refractivity contribution in [3.63, 3.8) is 0 Å². The van der Waals surface area contributed by atoms with Gasteiger partial charge in [-0.05, 0) is 37.6 Å². The molecule has 0 bridgehead atoms. The minimum Gasteiger partial charge on any atom is -0.506 e. The number of halogens is 2. The van der Waals surface area contributed by atoms with Crippen LogP contribution in [0.25, 0.3) is 16.9 Å². The molecule has 0 aliphatic heterocycles. The second-order valence-electron chi connectivity index (χ2n) is 6.85. The number of hydrogen-bond acceptors (Lipinski definition) is 4. The van der Waals surface area contributed by atoms with Crippen LogP contribution < -0.4 is 5.56 Å². The molecule has 0 saturated carbocycles. The number of pyridine rings is 2. The highest BCUT2D eigenvalue weighted by Gasteiger charge is 2.20. The van der Waals surface area contributed by atoms with Gasteiger partial charge in [-0.3, -0.25) is 19.1 Å². The van der Waals surface area contributed by atoms with Gasteiger partial charge in [-0.2, -0.15) is 0 Å². The zero-order valence-corrected chi connectivity index (χ0v) is 17.1. The molecule has 0 aliphatic rings. The molecule has 150 valence electrons. The van der Waals surface area contributed by atoms with Crippen LogP contribution in [0.4, 0.5) is 4.39 Å². The molecule has 0 saturated heterocycles. The molecule has 1 N–H and O–H groups in total. The van der Waals surface area contributed by atoms with Crippen LogP contribution >= 0.6 is 11.6 Å². The number of carbonyl (C=O) groups is 1. The van der Waals surface area contributed by atoms with Gasteiger partial charge >= 0.3 is 0 Å². The maximum Gasteiger partial charge on any atom is 0.277 e. The third-order valence-corrected chi connectivity index (χ3v) is 4.90. The first-order valence-electron chi connectivity index (χ1n) is 8.72. The average molecular weight is 416 g/mol. The highest BCUT2D eigenvalue weighted by atomic mass is 35.5. The zero-order valence-electron chi connectivity index (χ0n) is 16.3. The number of aryl methyl sites for hydroxylation is 2. The molecule has 0 spiro atoms. The monoisotopic (exact) mass is 415 g/mol. The smallest absolute Gasteiger partial charge is 0.277 e. The van der Waals surface area contributed by atoms with Crippen molar-refractivity contribution in [2.75, 3.05) is 14.1 Å². The van der Waals surface area contributed by atoms with E-state index in [4.69, 9.17) is 11.6 Å². The summed E-state index contributed by atoms with van der Waals surface area (Å²) in [6.45, 7) is 3.40. The van der Waals surface area contributed by atoms with Crippen LogP contribution in [-0.4, -0.2) is 39.6 Å². The molecule has 29 heavy (non-hydrogen) atoms. The lowest BCUT2D eigenvalue weighted by molar-refractivity contribution is 0.0823. The number of carbonyl (C=O) groups excluding carboxylic acids is 1. The minimum absolute atomic E-state index is 0.0718. The van der Waals surface area contributed by atoms with Crippen molar-refractivity contribution in [1.29, 1.82) is 0 Å². The largest absolute Gasteiger partial charge is 0.506 e. The van der Waals surface area contributed by atoms with Gasteiger partial charge in [0.1, 0.15) is 16.6 Å². The number of nitrogens with zero attached hydrogens (tertiary/aromatic N) is 3. The first-order valence-corrected chi connectivity index (χ1v) is 9.10. The van der Waals surface area contributed by atoms with Crippen molar-refractivity contribution in [1.82, 2.24) is 14.5 Å². The summed E-state index contributed by atoms with van der Waals surface area (Å²) in [7, 11) is 3.08. The van der Waals surface area contributed by atoms with E-state index in [0.717, 1.165) is 0 Å². The average Bonchev–Trinajstić information content (AvgIpc) is 2.67. The van der Waals surface area contributed by atoms with E-state index in [1.54, 1.807) is 40.1 Å². The molecule has 3 rings (SSSR count). The molecule has 1 amide bonds. The number of aromatic nitrogens is 2. The summed E-state index contributed by atoms with van der Waals surface area (Å²) < 4.78 is 16.4. The minimum atomic E-state index is -0.693. The van der Waals surface area contributed by atoms with E-state index >= 15 is 4.39 Å². The Kier molecular flexibility index (Phi) is 5.44. The van der Waals surface area contributed by atoms with Gasteiger partial charge in [-0.25, -0.2) is 4.39 Å². The van der Waals surface area contributed by atoms with E-state index in [0.29, 0.717) is 16.9 Å². The third kappa shape index (κ3) is 3.61. The van der Waals surface area contributed by atoms with Gasteiger partial charge in [-0.1, -0.05) is 17.7 Å². The molecule has 0 atom stereocenters. The third-order valence-electron chi connectivity index (χ3n) is 4.54. The van der Waals surface area contributed by atoms with Crippen LogP contribution in [0.5, 0.6) is 5.75 Å². The Morgan fingerprint density at radius 3 is 2.59 bits per heavy atom. The maximum absolute atomic E-state index is 15.1. The summed E-state index contributed by atoms with van der Waals surface area (Å²) in [6.07, 6.45) is 1.51. The number of amides is 1. The normalized spacial score (nSPS) is 10.8. The fourth-order valence-corrected chi connectivity index (χ4v) is 3.17. The predicted octanol–water partition coefficient (Wildman–Crippen LogP) is 3.72. The first-order chi connectivity index (χ1) is 13.6. The van der Waals surface area contributed by atoms with Crippen LogP contribution in [0, 0.1) is 19.7 Å². The second kappa shape index (κ2) is 7.67. The molecule has 2 aromatic heterocycles. The topological polar surface area (TPSA) is 75.4 Å². The highest BCUT2D eigenvalue weighted by Crippen LogP contribution is 2.28. The van der Waals surface area contributed by atoms with Crippen molar-refractivity contribution in [3.05, 3.63) is 74.5 Å². The molecule has 3 aromatic rings. The van der Waals surface area contributed by atoms with Crippen LogP contribution in [0.2, 0.25) is 5.02 Å². The van der Waals surface area contributed by atoms with Crippen LogP contribution in [0.1, 0.15) is 21.6 Å².